The first-order chi connectivity index (χ1) is 11.9. The number of anilines is 1. The summed E-state index contributed by atoms with van der Waals surface area (Å²) in [5, 5.41) is 14.1. The maximum Gasteiger partial charge on any atom is 0.311 e. The van der Waals surface area contributed by atoms with Crippen molar-refractivity contribution in [3.05, 3.63) is 63.6 Å². The molecule has 130 valence electrons. The number of amides is 1. The molecule has 0 radical (unpaired) electrons. The molecular weight excluding hydrogens is 327 g/mol. The first kappa shape index (κ1) is 16.8. The molecule has 3 rings (SSSR count). The Balaban J connectivity index is 1.70. The second kappa shape index (κ2) is 6.84. The van der Waals surface area contributed by atoms with E-state index in [4.69, 9.17) is 0 Å². The number of halogens is 1. The lowest BCUT2D eigenvalue weighted by atomic mass is 10.2. The van der Waals surface area contributed by atoms with Crippen molar-refractivity contribution < 1.29 is 14.1 Å². The van der Waals surface area contributed by atoms with Gasteiger partial charge in [-0.2, -0.15) is 0 Å². The van der Waals surface area contributed by atoms with Gasteiger partial charge in [0.05, 0.1) is 4.92 Å². The summed E-state index contributed by atoms with van der Waals surface area (Å²) < 4.78 is 13.0. The van der Waals surface area contributed by atoms with Crippen LogP contribution in [0.2, 0.25) is 0 Å². The summed E-state index contributed by atoms with van der Waals surface area (Å²) in [6.45, 7) is 2.61. The predicted octanol–water partition coefficient (Wildman–Crippen LogP) is 2.65. The van der Waals surface area contributed by atoms with Crippen LogP contribution in [0.1, 0.15) is 17.5 Å². The zero-order chi connectivity index (χ0) is 18.0. The van der Waals surface area contributed by atoms with E-state index in [-0.39, 0.29) is 23.2 Å². The molecule has 8 heteroatoms. The normalized spacial score (nSPS) is 17.0. The van der Waals surface area contributed by atoms with Gasteiger partial charge in [-0.1, -0.05) is 12.1 Å². The molecule has 1 aliphatic heterocycles. The Morgan fingerprint density at radius 3 is 2.80 bits per heavy atom. The fraction of sp³-hybridized carbons (Fsp3) is 0.294. The highest BCUT2D eigenvalue weighted by Crippen LogP contribution is 2.26. The quantitative estimate of drug-likeness (QED) is 0.665. The third kappa shape index (κ3) is 3.73. The SMILES string of the molecule is Cc1cnc(NC2CCN(Cc3ccc(F)cc3)C2=O)c([N+](=O)[O-])c1. The van der Waals surface area contributed by atoms with Crippen molar-refractivity contribution in [3.63, 3.8) is 0 Å². The summed E-state index contributed by atoms with van der Waals surface area (Å²) in [6, 6.07) is 6.83. The highest BCUT2D eigenvalue weighted by Gasteiger charge is 2.33. The number of carbonyl (C=O) groups is 1. The van der Waals surface area contributed by atoms with Crippen molar-refractivity contribution in [1.82, 2.24) is 9.88 Å². The number of nitrogens with one attached hydrogen (secondary N) is 1. The van der Waals surface area contributed by atoms with E-state index < -0.39 is 11.0 Å². The van der Waals surface area contributed by atoms with E-state index >= 15 is 0 Å². The Hall–Kier alpha value is -3.03. The van der Waals surface area contributed by atoms with Crippen molar-refractivity contribution in [1.29, 1.82) is 0 Å². The third-order valence-electron chi connectivity index (χ3n) is 4.10. The van der Waals surface area contributed by atoms with Crippen LogP contribution >= 0.6 is 0 Å². The number of benzene rings is 1. The van der Waals surface area contributed by atoms with E-state index in [9.17, 15) is 19.3 Å². The predicted molar refractivity (Wildman–Crippen MR) is 89.5 cm³/mol. The van der Waals surface area contributed by atoms with E-state index in [2.05, 4.69) is 10.3 Å². The molecule has 1 saturated heterocycles. The van der Waals surface area contributed by atoms with Crippen LogP contribution in [0.4, 0.5) is 15.9 Å². The molecule has 7 nitrogen and oxygen atoms in total. The highest BCUT2D eigenvalue weighted by molar-refractivity contribution is 5.87. The Morgan fingerprint density at radius 2 is 2.12 bits per heavy atom. The lowest BCUT2D eigenvalue weighted by Crippen LogP contribution is -2.33. The monoisotopic (exact) mass is 344 g/mol. The van der Waals surface area contributed by atoms with E-state index in [1.54, 1.807) is 24.0 Å². The van der Waals surface area contributed by atoms with Crippen LogP contribution < -0.4 is 5.32 Å². The van der Waals surface area contributed by atoms with Gasteiger partial charge >= 0.3 is 5.69 Å². The molecule has 1 aromatic carbocycles. The number of rotatable bonds is 5. The van der Waals surface area contributed by atoms with Gasteiger partial charge < -0.3 is 10.2 Å². The van der Waals surface area contributed by atoms with Gasteiger partial charge in [0.1, 0.15) is 11.9 Å². The molecule has 1 amide bonds. The second-order valence-electron chi connectivity index (χ2n) is 6.01. The summed E-state index contributed by atoms with van der Waals surface area (Å²) in [5.41, 5.74) is 1.35. The summed E-state index contributed by atoms with van der Waals surface area (Å²) in [4.78, 5) is 28.9. The molecule has 25 heavy (non-hydrogen) atoms. The number of hydrogen-bond acceptors (Lipinski definition) is 5. The maximum absolute atomic E-state index is 13.0. The largest absolute Gasteiger partial charge is 0.353 e. The van der Waals surface area contributed by atoms with Gasteiger partial charge in [-0.05, 0) is 36.6 Å². The molecule has 0 spiro atoms. The molecule has 1 N–H and O–H groups in total. The summed E-state index contributed by atoms with van der Waals surface area (Å²) >= 11 is 0. The van der Waals surface area contributed by atoms with Gasteiger partial charge in [0.25, 0.3) is 0 Å². The number of aromatic nitrogens is 1. The average Bonchev–Trinajstić information content (AvgIpc) is 2.91. The number of hydrogen-bond donors (Lipinski definition) is 1. The van der Waals surface area contributed by atoms with Crippen LogP contribution in [-0.4, -0.2) is 33.3 Å². The van der Waals surface area contributed by atoms with Crippen molar-refractivity contribution in [3.8, 4) is 0 Å². The minimum Gasteiger partial charge on any atom is -0.353 e. The molecule has 1 aliphatic rings. The van der Waals surface area contributed by atoms with Gasteiger partial charge in [0.2, 0.25) is 11.7 Å². The molecule has 0 saturated carbocycles. The van der Waals surface area contributed by atoms with Gasteiger partial charge in [0.15, 0.2) is 0 Å². The lowest BCUT2D eigenvalue weighted by Gasteiger charge is -2.17. The smallest absolute Gasteiger partial charge is 0.311 e. The zero-order valence-electron chi connectivity index (χ0n) is 13.6. The average molecular weight is 344 g/mol. The molecule has 0 aliphatic carbocycles. The Bertz CT molecular complexity index is 810. The molecule has 0 bridgehead atoms. The number of pyridine rings is 1. The molecular formula is C17H17FN4O3. The van der Waals surface area contributed by atoms with Gasteiger partial charge in [-0.3, -0.25) is 14.9 Å². The fourth-order valence-corrected chi connectivity index (χ4v) is 2.81. The van der Waals surface area contributed by atoms with Gasteiger partial charge in [-0.25, -0.2) is 9.37 Å². The van der Waals surface area contributed by atoms with E-state index in [0.29, 0.717) is 25.1 Å². The third-order valence-corrected chi connectivity index (χ3v) is 4.10. The lowest BCUT2D eigenvalue weighted by molar-refractivity contribution is -0.384. The number of nitrogens with zero attached hydrogens (tertiary/aromatic N) is 3. The number of carbonyl (C=O) groups excluding carboxylic acids is 1. The standard InChI is InChI=1S/C17H17FN4O3/c1-11-8-15(22(24)25)16(19-9-11)20-14-6-7-21(17(14)23)10-12-2-4-13(18)5-3-12/h2-5,8-9,14H,6-7,10H2,1H3,(H,19,20). The molecule has 1 unspecified atom stereocenters. The minimum atomic E-state index is -0.561. The Labute approximate surface area is 143 Å². The second-order valence-corrected chi connectivity index (χ2v) is 6.01. The highest BCUT2D eigenvalue weighted by atomic mass is 19.1. The Kier molecular flexibility index (Phi) is 4.60. The first-order valence-electron chi connectivity index (χ1n) is 7.85. The van der Waals surface area contributed by atoms with Gasteiger partial charge in [0, 0.05) is 25.4 Å². The van der Waals surface area contributed by atoms with Crippen LogP contribution in [0, 0.1) is 22.9 Å². The van der Waals surface area contributed by atoms with Crippen LogP contribution in [-0.2, 0) is 11.3 Å². The van der Waals surface area contributed by atoms with Crippen LogP contribution in [0.3, 0.4) is 0 Å². The molecule has 1 fully saturated rings. The number of aryl methyl sites for hydroxylation is 1. The fourth-order valence-electron chi connectivity index (χ4n) is 2.81. The summed E-state index contributed by atoms with van der Waals surface area (Å²) in [5.74, 6) is -0.382. The van der Waals surface area contributed by atoms with Crippen molar-refractivity contribution in [2.75, 3.05) is 11.9 Å². The van der Waals surface area contributed by atoms with Crippen LogP contribution in [0.5, 0.6) is 0 Å². The maximum atomic E-state index is 13.0. The minimum absolute atomic E-state index is 0.0950. The number of likely N-dealkylation sites (tertiary alicyclic amines) is 1. The van der Waals surface area contributed by atoms with Crippen molar-refractivity contribution in [2.24, 2.45) is 0 Å². The topological polar surface area (TPSA) is 88.4 Å². The van der Waals surface area contributed by atoms with Crippen molar-refractivity contribution in [2.45, 2.75) is 25.9 Å². The molecule has 1 aromatic heterocycles. The molecule has 1 atom stereocenters. The zero-order valence-corrected chi connectivity index (χ0v) is 13.6. The Morgan fingerprint density at radius 1 is 1.40 bits per heavy atom. The summed E-state index contributed by atoms with van der Waals surface area (Å²) in [6.07, 6.45) is 2.04. The number of nitro groups is 1. The van der Waals surface area contributed by atoms with E-state index in [1.807, 2.05) is 0 Å². The van der Waals surface area contributed by atoms with E-state index in [1.165, 1.54) is 24.4 Å². The summed E-state index contributed by atoms with van der Waals surface area (Å²) in [7, 11) is 0. The van der Waals surface area contributed by atoms with Gasteiger partial charge in [-0.15, -0.1) is 0 Å². The van der Waals surface area contributed by atoms with Crippen molar-refractivity contribution >= 4 is 17.4 Å². The van der Waals surface area contributed by atoms with Crippen LogP contribution in [0.25, 0.3) is 0 Å². The first-order valence-corrected chi connectivity index (χ1v) is 7.85. The molecule has 2 aromatic rings. The molecule has 2 heterocycles. The van der Waals surface area contributed by atoms with E-state index in [0.717, 1.165) is 5.56 Å². The van der Waals surface area contributed by atoms with Crippen LogP contribution in [0.15, 0.2) is 36.5 Å².